The topological polar surface area (TPSA) is 134 Å². The number of rotatable bonds is 12. The summed E-state index contributed by atoms with van der Waals surface area (Å²) in [7, 11) is 0. The summed E-state index contributed by atoms with van der Waals surface area (Å²) in [5, 5.41) is 15.3. The highest BCUT2D eigenvalue weighted by Gasteiger charge is 2.48. The van der Waals surface area contributed by atoms with E-state index in [0.717, 1.165) is 0 Å². The average molecular weight is 592 g/mol. The molecule has 0 saturated heterocycles. The molecular formula is C33H41N3O7. The van der Waals surface area contributed by atoms with Crippen molar-refractivity contribution in [1.82, 2.24) is 15.5 Å². The Hall–Kier alpha value is -4.52. The van der Waals surface area contributed by atoms with Crippen LogP contribution in [-0.2, 0) is 30.3 Å². The minimum absolute atomic E-state index is 0.0198. The monoisotopic (exact) mass is 591 g/mol. The van der Waals surface area contributed by atoms with Crippen LogP contribution < -0.4 is 10.6 Å². The number of alkyl carbamates (subject to hydrolysis) is 1. The molecule has 1 aliphatic carbocycles. The van der Waals surface area contributed by atoms with Gasteiger partial charge in [0.15, 0.2) is 0 Å². The number of carbonyl (C=O) groups is 4. The van der Waals surface area contributed by atoms with Crippen LogP contribution in [0, 0.1) is 18.3 Å². The number of esters is 1. The Kier molecular flexibility index (Phi) is 11.2. The van der Waals surface area contributed by atoms with E-state index in [-0.39, 0.29) is 43.7 Å². The van der Waals surface area contributed by atoms with Gasteiger partial charge in [-0.15, -0.1) is 6.42 Å². The van der Waals surface area contributed by atoms with E-state index in [1.54, 1.807) is 64.1 Å². The van der Waals surface area contributed by atoms with Crippen molar-refractivity contribution >= 4 is 23.9 Å². The first-order chi connectivity index (χ1) is 20.3. The van der Waals surface area contributed by atoms with Crippen molar-refractivity contribution < 1.29 is 33.8 Å². The van der Waals surface area contributed by atoms with Gasteiger partial charge in [-0.2, -0.15) is 0 Å². The summed E-state index contributed by atoms with van der Waals surface area (Å²) < 4.78 is 10.4. The van der Waals surface area contributed by atoms with E-state index < -0.39 is 41.6 Å². The van der Waals surface area contributed by atoms with Gasteiger partial charge in [-0.05, 0) is 75.4 Å². The van der Waals surface area contributed by atoms with E-state index in [1.165, 1.54) is 17.0 Å². The number of nitrogens with one attached hydrogen (secondary N) is 2. The maximum absolute atomic E-state index is 14.5. The molecular weight excluding hydrogens is 550 g/mol. The van der Waals surface area contributed by atoms with Crippen LogP contribution in [0.3, 0.4) is 0 Å². The lowest BCUT2D eigenvalue weighted by Crippen LogP contribution is -2.54. The van der Waals surface area contributed by atoms with E-state index in [2.05, 4.69) is 16.6 Å². The summed E-state index contributed by atoms with van der Waals surface area (Å²) >= 11 is 0. The zero-order chi connectivity index (χ0) is 31.7. The number of hydrogen-bond acceptors (Lipinski definition) is 7. The van der Waals surface area contributed by atoms with Crippen molar-refractivity contribution in [2.45, 2.75) is 77.6 Å². The lowest BCUT2D eigenvalue weighted by atomic mass is 9.99. The van der Waals surface area contributed by atoms with Crippen LogP contribution in [0.1, 0.15) is 70.2 Å². The molecule has 3 rings (SSSR count). The lowest BCUT2D eigenvalue weighted by molar-refractivity contribution is -0.145. The van der Waals surface area contributed by atoms with Crippen LogP contribution in [0.4, 0.5) is 4.79 Å². The third-order valence-corrected chi connectivity index (χ3v) is 6.90. The fourth-order valence-electron chi connectivity index (χ4n) is 4.69. The van der Waals surface area contributed by atoms with Gasteiger partial charge in [0, 0.05) is 24.6 Å². The van der Waals surface area contributed by atoms with Gasteiger partial charge in [0.1, 0.15) is 23.4 Å². The van der Waals surface area contributed by atoms with Crippen LogP contribution in [0.15, 0.2) is 48.5 Å². The Morgan fingerprint density at radius 1 is 1.09 bits per heavy atom. The second kappa shape index (κ2) is 14.6. The first kappa shape index (κ1) is 33.0. The standard InChI is InChI=1S/C33H41N3O7/c1-7-22-9-13-24(14-10-22)29(30(39)34-18-17-28(38)42-8-2)36(27-19-21(27)3)31(40)26(35-32(41)43-33(4,5)6)20-23-11-15-25(37)16-12-23/h1,9-16,21,26-27,29,37H,8,17-20H2,2-6H3,(H,34,39)(H,35,41). The van der Waals surface area contributed by atoms with Crippen LogP contribution in [0.25, 0.3) is 0 Å². The van der Waals surface area contributed by atoms with E-state index in [4.69, 9.17) is 15.9 Å². The summed E-state index contributed by atoms with van der Waals surface area (Å²) in [4.78, 5) is 54.6. The molecule has 43 heavy (non-hydrogen) atoms. The van der Waals surface area contributed by atoms with Gasteiger partial charge in [-0.3, -0.25) is 14.4 Å². The number of phenolic OH excluding ortho intramolecular Hbond substituents is 1. The van der Waals surface area contributed by atoms with Crippen LogP contribution in [-0.4, -0.2) is 64.7 Å². The highest BCUT2D eigenvalue weighted by Crippen LogP contribution is 2.41. The third-order valence-electron chi connectivity index (χ3n) is 6.90. The number of hydrogen-bond donors (Lipinski definition) is 3. The van der Waals surface area contributed by atoms with Crippen LogP contribution >= 0.6 is 0 Å². The Morgan fingerprint density at radius 3 is 2.26 bits per heavy atom. The Morgan fingerprint density at radius 2 is 1.72 bits per heavy atom. The maximum Gasteiger partial charge on any atom is 0.408 e. The van der Waals surface area contributed by atoms with Gasteiger partial charge < -0.3 is 30.1 Å². The summed E-state index contributed by atoms with van der Waals surface area (Å²) in [6.45, 7) is 9.09. The molecule has 2 aromatic rings. The van der Waals surface area contributed by atoms with Gasteiger partial charge in [0.05, 0.1) is 13.0 Å². The summed E-state index contributed by atoms with van der Waals surface area (Å²) in [6.07, 6.45) is 5.49. The molecule has 1 aliphatic rings. The van der Waals surface area contributed by atoms with Crippen molar-refractivity contribution in [3.63, 3.8) is 0 Å². The smallest absolute Gasteiger partial charge is 0.408 e. The highest BCUT2D eigenvalue weighted by molar-refractivity contribution is 5.93. The van der Waals surface area contributed by atoms with Crippen molar-refractivity contribution in [3.8, 4) is 18.1 Å². The molecule has 0 aliphatic heterocycles. The normalized spacial score (nSPS) is 17.0. The van der Waals surface area contributed by atoms with Crippen molar-refractivity contribution in [1.29, 1.82) is 0 Å². The van der Waals surface area contributed by atoms with Gasteiger partial charge in [-0.1, -0.05) is 37.1 Å². The number of terminal acetylenes is 1. The molecule has 4 atom stereocenters. The second-order valence-electron chi connectivity index (χ2n) is 11.6. The fraction of sp³-hybridized carbons (Fsp3) is 0.455. The molecule has 1 fully saturated rings. The van der Waals surface area contributed by atoms with Gasteiger partial charge in [0.25, 0.3) is 0 Å². The Bertz CT molecular complexity index is 1330. The SMILES string of the molecule is C#Cc1ccc(C(C(=O)NCCC(=O)OCC)N(C(=O)C(Cc2ccc(O)cc2)NC(=O)OC(C)(C)C)C2CC2C)cc1. The number of amides is 3. The number of ether oxygens (including phenoxy) is 2. The van der Waals surface area contributed by atoms with E-state index >= 15 is 0 Å². The van der Waals surface area contributed by atoms with Gasteiger partial charge in [0.2, 0.25) is 11.8 Å². The number of nitrogens with zero attached hydrogens (tertiary/aromatic N) is 1. The fourth-order valence-corrected chi connectivity index (χ4v) is 4.69. The zero-order valence-corrected chi connectivity index (χ0v) is 25.4. The predicted octanol–water partition coefficient (Wildman–Crippen LogP) is 3.86. The van der Waals surface area contributed by atoms with Crippen molar-refractivity contribution in [3.05, 3.63) is 65.2 Å². The quantitative estimate of drug-likeness (QED) is 0.252. The molecule has 1 saturated carbocycles. The molecule has 230 valence electrons. The number of carbonyl (C=O) groups excluding carboxylic acids is 4. The molecule has 0 radical (unpaired) electrons. The van der Waals surface area contributed by atoms with Crippen molar-refractivity contribution in [2.24, 2.45) is 5.92 Å². The Labute approximate surface area is 253 Å². The van der Waals surface area contributed by atoms with E-state index in [9.17, 15) is 24.3 Å². The lowest BCUT2D eigenvalue weighted by Gasteiger charge is -2.35. The first-order valence-electron chi connectivity index (χ1n) is 14.4. The van der Waals surface area contributed by atoms with Crippen LogP contribution in [0.5, 0.6) is 5.75 Å². The molecule has 3 N–H and O–H groups in total. The summed E-state index contributed by atoms with van der Waals surface area (Å²) in [6, 6.07) is 10.7. The first-order valence-corrected chi connectivity index (χ1v) is 14.4. The Balaban J connectivity index is 2.00. The van der Waals surface area contributed by atoms with Crippen LogP contribution in [0.2, 0.25) is 0 Å². The molecule has 4 unspecified atom stereocenters. The maximum atomic E-state index is 14.5. The second-order valence-corrected chi connectivity index (χ2v) is 11.6. The zero-order valence-electron chi connectivity index (χ0n) is 25.4. The van der Waals surface area contributed by atoms with Gasteiger partial charge in [-0.25, -0.2) is 4.79 Å². The molecule has 0 aromatic heterocycles. The molecule has 10 nitrogen and oxygen atoms in total. The minimum Gasteiger partial charge on any atom is -0.508 e. The molecule has 2 aromatic carbocycles. The number of benzene rings is 2. The number of aromatic hydroxyl groups is 1. The molecule has 0 bridgehead atoms. The molecule has 10 heteroatoms. The summed E-state index contributed by atoms with van der Waals surface area (Å²) in [5.74, 6) is 1.33. The largest absolute Gasteiger partial charge is 0.508 e. The van der Waals surface area contributed by atoms with Crippen molar-refractivity contribution in [2.75, 3.05) is 13.2 Å². The van der Waals surface area contributed by atoms with E-state index in [1.807, 2.05) is 6.92 Å². The predicted molar refractivity (Wildman–Crippen MR) is 161 cm³/mol. The van der Waals surface area contributed by atoms with Gasteiger partial charge >= 0.3 is 12.1 Å². The summed E-state index contributed by atoms with van der Waals surface area (Å²) in [5.41, 5.74) is 1.02. The highest BCUT2D eigenvalue weighted by atomic mass is 16.6. The molecule has 0 spiro atoms. The molecule has 3 amide bonds. The number of phenols is 1. The van der Waals surface area contributed by atoms with E-state index in [0.29, 0.717) is 23.1 Å². The average Bonchev–Trinajstić information content (AvgIpc) is 3.66. The molecule has 0 heterocycles. The third kappa shape index (κ3) is 9.77. The minimum atomic E-state index is -1.09.